The molecule has 2 atom stereocenters. The first-order valence-corrected chi connectivity index (χ1v) is 8.55. The fourth-order valence-electron chi connectivity index (χ4n) is 3.11. The van der Waals surface area contributed by atoms with Crippen LogP contribution in [0.4, 0.5) is 0 Å². The van der Waals surface area contributed by atoms with Crippen molar-refractivity contribution in [2.45, 2.75) is 70.9 Å². The van der Waals surface area contributed by atoms with E-state index in [0.29, 0.717) is 18.4 Å². The summed E-state index contributed by atoms with van der Waals surface area (Å²) >= 11 is 0. The monoisotopic (exact) mass is 311 g/mol. The van der Waals surface area contributed by atoms with E-state index >= 15 is 0 Å². The number of amides is 1. The zero-order valence-electron chi connectivity index (χ0n) is 14.6. The molecule has 5 nitrogen and oxygen atoms in total. The van der Waals surface area contributed by atoms with Crippen LogP contribution in [0.25, 0.3) is 0 Å². The topological polar surface area (TPSA) is 74.2 Å². The summed E-state index contributed by atoms with van der Waals surface area (Å²) in [6.07, 6.45) is 8.04. The van der Waals surface area contributed by atoms with Gasteiger partial charge in [0.1, 0.15) is 5.54 Å². The summed E-state index contributed by atoms with van der Waals surface area (Å²) < 4.78 is 5.96. The van der Waals surface area contributed by atoms with Crippen molar-refractivity contribution in [3.8, 4) is 0 Å². The number of ether oxygens (including phenoxy) is 1. The highest BCUT2D eigenvalue weighted by Gasteiger charge is 2.40. The van der Waals surface area contributed by atoms with Crippen molar-refractivity contribution in [3.63, 3.8) is 0 Å². The van der Waals surface area contributed by atoms with Gasteiger partial charge in [0.25, 0.3) is 0 Å². The second kappa shape index (κ2) is 9.13. The fraction of sp³-hybridized carbons (Fsp3) is 0.882. The molecule has 22 heavy (non-hydrogen) atoms. The van der Waals surface area contributed by atoms with Crippen molar-refractivity contribution in [2.24, 2.45) is 11.8 Å². The average Bonchev–Trinajstić information content (AvgIpc) is 2.52. The molecule has 0 aliphatic heterocycles. The Morgan fingerprint density at radius 3 is 2.45 bits per heavy atom. The molecule has 0 aromatic heterocycles. The summed E-state index contributed by atoms with van der Waals surface area (Å²) in [5.74, 6) is 0.839. The number of nitrogens with one attached hydrogen (secondary N) is 3. The molecular formula is C17H33N3O2. The SMILES string of the molecule is CNC(=O)C(CO[C@@H](C)C(C)C)(CC1CCCCC1)NC=N. The van der Waals surface area contributed by atoms with E-state index in [9.17, 15) is 4.79 Å². The van der Waals surface area contributed by atoms with Gasteiger partial charge in [0.2, 0.25) is 5.91 Å². The molecule has 5 heteroatoms. The lowest BCUT2D eigenvalue weighted by molar-refractivity contribution is -0.131. The molecule has 3 N–H and O–H groups in total. The Morgan fingerprint density at radius 2 is 1.95 bits per heavy atom. The van der Waals surface area contributed by atoms with Crippen LogP contribution in [0.3, 0.4) is 0 Å². The van der Waals surface area contributed by atoms with Crippen LogP contribution in [-0.4, -0.2) is 37.5 Å². The number of carbonyl (C=O) groups excluding carboxylic acids is 1. The zero-order chi connectivity index (χ0) is 16.6. The third-order valence-corrected chi connectivity index (χ3v) is 4.90. The van der Waals surface area contributed by atoms with E-state index in [1.807, 2.05) is 6.92 Å². The molecular weight excluding hydrogens is 278 g/mol. The van der Waals surface area contributed by atoms with Crippen molar-refractivity contribution >= 4 is 12.2 Å². The first-order chi connectivity index (χ1) is 10.4. The minimum atomic E-state index is -0.832. The van der Waals surface area contributed by atoms with Crippen LogP contribution in [-0.2, 0) is 9.53 Å². The van der Waals surface area contributed by atoms with Gasteiger partial charge in [-0.3, -0.25) is 10.2 Å². The van der Waals surface area contributed by atoms with Crippen LogP contribution in [0.15, 0.2) is 0 Å². The standard InChI is InChI=1S/C17H33N3O2/c1-13(2)14(3)22-11-17(20-12-18,16(21)19-4)10-15-8-6-5-7-9-15/h12-15H,5-11H2,1-4H3,(H2,18,20)(H,19,21)/t14-,17?/m0/s1. The first kappa shape index (κ1) is 18.9. The van der Waals surface area contributed by atoms with Gasteiger partial charge >= 0.3 is 0 Å². The van der Waals surface area contributed by atoms with Gasteiger partial charge in [-0.2, -0.15) is 0 Å². The Balaban J connectivity index is 2.84. The predicted octanol–water partition coefficient (Wildman–Crippen LogP) is 2.70. The molecule has 1 aliphatic rings. The number of carbonyl (C=O) groups is 1. The highest BCUT2D eigenvalue weighted by atomic mass is 16.5. The largest absolute Gasteiger partial charge is 0.375 e. The lowest BCUT2D eigenvalue weighted by atomic mass is 9.79. The van der Waals surface area contributed by atoms with Crippen LogP contribution >= 0.6 is 0 Å². The molecule has 0 spiro atoms. The van der Waals surface area contributed by atoms with Crippen molar-refractivity contribution in [1.29, 1.82) is 5.41 Å². The lowest BCUT2D eigenvalue weighted by Gasteiger charge is -2.37. The van der Waals surface area contributed by atoms with E-state index in [0.717, 1.165) is 25.6 Å². The maximum Gasteiger partial charge on any atom is 0.247 e. The van der Waals surface area contributed by atoms with Crippen molar-refractivity contribution < 1.29 is 9.53 Å². The maximum absolute atomic E-state index is 12.5. The third-order valence-electron chi connectivity index (χ3n) is 4.90. The molecule has 1 aliphatic carbocycles. The number of hydrogen-bond donors (Lipinski definition) is 3. The highest BCUT2D eigenvalue weighted by Crippen LogP contribution is 2.31. The molecule has 1 fully saturated rings. The van der Waals surface area contributed by atoms with E-state index in [1.165, 1.54) is 19.3 Å². The molecule has 0 aromatic rings. The third kappa shape index (κ3) is 5.27. The average molecular weight is 311 g/mol. The fourth-order valence-corrected chi connectivity index (χ4v) is 3.11. The number of likely N-dealkylation sites (N-methyl/N-ethyl adjacent to an activating group) is 1. The molecule has 0 radical (unpaired) electrons. The molecule has 1 unspecified atom stereocenters. The van der Waals surface area contributed by atoms with Crippen LogP contribution in [0.1, 0.15) is 59.3 Å². The Hall–Kier alpha value is -1.10. The van der Waals surface area contributed by atoms with Crippen LogP contribution < -0.4 is 10.6 Å². The molecule has 1 rings (SSSR count). The molecule has 0 heterocycles. The van der Waals surface area contributed by atoms with Gasteiger partial charge in [-0.05, 0) is 25.2 Å². The Bertz CT molecular complexity index is 354. The summed E-state index contributed by atoms with van der Waals surface area (Å²) in [5, 5.41) is 13.2. The van der Waals surface area contributed by atoms with E-state index in [-0.39, 0.29) is 12.0 Å². The van der Waals surface area contributed by atoms with E-state index in [2.05, 4.69) is 24.5 Å². The van der Waals surface area contributed by atoms with E-state index in [4.69, 9.17) is 10.1 Å². The van der Waals surface area contributed by atoms with Gasteiger partial charge < -0.3 is 15.4 Å². The van der Waals surface area contributed by atoms with Crippen molar-refractivity contribution in [3.05, 3.63) is 0 Å². The summed E-state index contributed by atoms with van der Waals surface area (Å²) in [6.45, 7) is 6.55. The second-order valence-electron chi connectivity index (χ2n) is 6.92. The molecule has 0 aromatic carbocycles. The van der Waals surface area contributed by atoms with Crippen LogP contribution in [0, 0.1) is 17.2 Å². The smallest absolute Gasteiger partial charge is 0.247 e. The first-order valence-electron chi connectivity index (χ1n) is 8.55. The Morgan fingerprint density at radius 1 is 1.32 bits per heavy atom. The van der Waals surface area contributed by atoms with Crippen molar-refractivity contribution in [1.82, 2.24) is 10.6 Å². The summed E-state index contributed by atoms with van der Waals surface area (Å²) in [5.41, 5.74) is -0.832. The molecule has 1 amide bonds. The van der Waals surface area contributed by atoms with Crippen LogP contribution in [0.5, 0.6) is 0 Å². The van der Waals surface area contributed by atoms with Gasteiger partial charge in [0, 0.05) is 7.05 Å². The number of hydrogen-bond acceptors (Lipinski definition) is 3. The molecule has 0 saturated heterocycles. The van der Waals surface area contributed by atoms with E-state index < -0.39 is 5.54 Å². The minimum absolute atomic E-state index is 0.0856. The van der Waals surface area contributed by atoms with Gasteiger partial charge in [0.05, 0.1) is 19.0 Å². The zero-order valence-corrected chi connectivity index (χ0v) is 14.6. The van der Waals surface area contributed by atoms with Gasteiger partial charge in [-0.1, -0.05) is 46.0 Å². The van der Waals surface area contributed by atoms with E-state index in [1.54, 1.807) is 7.05 Å². The molecule has 1 saturated carbocycles. The number of rotatable bonds is 9. The molecule has 128 valence electrons. The summed E-state index contributed by atoms with van der Waals surface area (Å²) in [4.78, 5) is 12.5. The van der Waals surface area contributed by atoms with Gasteiger partial charge in [-0.15, -0.1) is 0 Å². The van der Waals surface area contributed by atoms with Crippen molar-refractivity contribution in [2.75, 3.05) is 13.7 Å². The maximum atomic E-state index is 12.5. The normalized spacial score (nSPS) is 20.2. The lowest BCUT2D eigenvalue weighted by Crippen LogP contribution is -2.60. The predicted molar refractivity (Wildman–Crippen MR) is 90.2 cm³/mol. The Labute approximate surface area is 135 Å². The van der Waals surface area contributed by atoms with Gasteiger partial charge in [-0.25, -0.2) is 0 Å². The minimum Gasteiger partial charge on any atom is -0.375 e. The summed E-state index contributed by atoms with van der Waals surface area (Å²) in [7, 11) is 1.65. The summed E-state index contributed by atoms with van der Waals surface area (Å²) in [6, 6.07) is 0. The molecule has 0 bridgehead atoms. The highest BCUT2D eigenvalue weighted by molar-refractivity contribution is 5.88. The quantitative estimate of drug-likeness (QED) is 0.453. The van der Waals surface area contributed by atoms with Gasteiger partial charge in [0.15, 0.2) is 0 Å². The van der Waals surface area contributed by atoms with Crippen LogP contribution in [0.2, 0.25) is 0 Å². The Kier molecular flexibility index (Phi) is 7.87. The second-order valence-corrected chi connectivity index (χ2v) is 6.92.